The second kappa shape index (κ2) is 42.5. The molecule has 6 nitrogen and oxygen atoms in total. The SMILES string of the molecule is CCCCCCCCCCCCSCCCCCCCCCCCCCCCCC(=O)N(CC)CCCCCCCCCCC(=O)NCCC(=O)O. The molecule has 0 radical (unpaired) electrons. The van der Waals surface area contributed by atoms with Crippen LogP contribution in [0, 0.1) is 0 Å². The molecule has 7 heteroatoms. The number of nitrogens with zero attached hydrogens (tertiary/aromatic N) is 1. The standard InChI is InChI=1S/C45H88N2O4S/c1-3-5-6-7-8-9-19-24-29-34-41-52-42-35-30-25-20-15-13-11-10-12-14-16-22-27-32-37-44(49)47(4-2)40-33-28-23-18-17-21-26-31-36-43(48)46-39-38-45(50)51/h3-42H2,1-2H3,(H,46,48)(H,50,51). The highest BCUT2D eigenvalue weighted by molar-refractivity contribution is 7.99. The van der Waals surface area contributed by atoms with Gasteiger partial charge in [-0.3, -0.25) is 14.4 Å². The quantitative estimate of drug-likeness (QED) is 0.0606. The van der Waals surface area contributed by atoms with E-state index in [9.17, 15) is 14.4 Å². The van der Waals surface area contributed by atoms with Gasteiger partial charge in [0.05, 0.1) is 6.42 Å². The minimum atomic E-state index is -0.883. The maximum absolute atomic E-state index is 12.7. The van der Waals surface area contributed by atoms with Gasteiger partial charge in [0.1, 0.15) is 0 Å². The summed E-state index contributed by atoms with van der Waals surface area (Å²) >= 11 is 2.20. The molecule has 2 N–H and O–H groups in total. The summed E-state index contributed by atoms with van der Waals surface area (Å²) in [6, 6.07) is 0. The Morgan fingerprint density at radius 2 is 0.827 bits per heavy atom. The molecule has 0 bridgehead atoms. The lowest BCUT2D eigenvalue weighted by molar-refractivity contribution is -0.137. The summed E-state index contributed by atoms with van der Waals surface area (Å²) in [5, 5.41) is 11.3. The summed E-state index contributed by atoms with van der Waals surface area (Å²) < 4.78 is 0. The average molecular weight is 753 g/mol. The Hall–Kier alpha value is -1.24. The molecule has 0 spiro atoms. The third-order valence-electron chi connectivity index (χ3n) is 10.5. The van der Waals surface area contributed by atoms with Crippen LogP contribution in [0.2, 0.25) is 0 Å². The Morgan fingerprint density at radius 3 is 1.23 bits per heavy atom. The van der Waals surface area contributed by atoms with E-state index >= 15 is 0 Å². The van der Waals surface area contributed by atoms with E-state index in [1.165, 1.54) is 185 Å². The van der Waals surface area contributed by atoms with Crippen LogP contribution >= 0.6 is 11.8 Å². The minimum Gasteiger partial charge on any atom is -0.481 e. The number of carbonyl (C=O) groups is 3. The molecule has 0 aromatic heterocycles. The lowest BCUT2D eigenvalue weighted by atomic mass is 10.0. The zero-order valence-electron chi connectivity index (χ0n) is 34.8. The molecule has 0 aliphatic carbocycles. The number of carboxylic acid groups (broad SMARTS) is 1. The Bertz CT molecular complexity index is 780. The van der Waals surface area contributed by atoms with Crippen LogP contribution in [0.3, 0.4) is 0 Å². The van der Waals surface area contributed by atoms with E-state index in [0.29, 0.717) is 18.7 Å². The van der Waals surface area contributed by atoms with Crippen molar-refractivity contribution in [3.63, 3.8) is 0 Å². The number of carbonyl (C=O) groups excluding carboxylic acids is 2. The molecular formula is C45H88N2O4S. The second-order valence-electron chi connectivity index (χ2n) is 15.5. The maximum atomic E-state index is 12.7. The van der Waals surface area contributed by atoms with E-state index in [2.05, 4.69) is 35.8 Å². The lowest BCUT2D eigenvalue weighted by Crippen LogP contribution is -2.31. The summed E-state index contributed by atoms with van der Waals surface area (Å²) in [5.41, 5.74) is 0. The monoisotopic (exact) mass is 753 g/mol. The van der Waals surface area contributed by atoms with Crippen molar-refractivity contribution >= 4 is 29.5 Å². The number of aliphatic carboxylic acids is 1. The first-order valence-electron chi connectivity index (χ1n) is 22.8. The molecule has 0 heterocycles. The third kappa shape index (κ3) is 40.0. The highest BCUT2D eigenvalue weighted by atomic mass is 32.2. The molecule has 0 aliphatic heterocycles. The van der Waals surface area contributed by atoms with Crippen LogP contribution in [0.1, 0.15) is 239 Å². The molecule has 2 amide bonds. The zero-order valence-corrected chi connectivity index (χ0v) is 35.6. The van der Waals surface area contributed by atoms with Gasteiger partial charge in [0.25, 0.3) is 0 Å². The molecule has 0 saturated carbocycles. The van der Waals surface area contributed by atoms with E-state index in [4.69, 9.17) is 5.11 Å². The number of unbranched alkanes of at least 4 members (excludes halogenated alkanes) is 29. The number of amides is 2. The zero-order chi connectivity index (χ0) is 38.0. The average Bonchev–Trinajstić information content (AvgIpc) is 3.13. The van der Waals surface area contributed by atoms with Gasteiger partial charge in [-0.1, -0.05) is 180 Å². The number of hydrogen-bond acceptors (Lipinski definition) is 4. The summed E-state index contributed by atoms with van der Waals surface area (Å²) in [7, 11) is 0. The van der Waals surface area contributed by atoms with Crippen molar-refractivity contribution in [3.8, 4) is 0 Å². The van der Waals surface area contributed by atoms with Gasteiger partial charge in [-0.2, -0.15) is 11.8 Å². The maximum Gasteiger partial charge on any atom is 0.305 e. The molecule has 308 valence electrons. The predicted molar refractivity (Wildman–Crippen MR) is 227 cm³/mol. The van der Waals surface area contributed by atoms with Crippen molar-refractivity contribution in [1.29, 1.82) is 0 Å². The van der Waals surface area contributed by atoms with Crippen LogP contribution < -0.4 is 5.32 Å². The Labute approximate surface area is 328 Å². The van der Waals surface area contributed by atoms with Crippen LogP contribution in [-0.2, 0) is 14.4 Å². The molecule has 0 unspecified atom stereocenters. The Kier molecular flexibility index (Phi) is 41.5. The molecular weight excluding hydrogens is 665 g/mol. The van der Waals surface area contributed by atoms with Crippen molar-refractivity contribution in [2.45, 2.75) is 239 Å². The molecule has 0 atom stereocenters. The van der Waals surface area contributed by atoms with E-state index in [1.807, 2.05) is 0 Å². The van der Waals surface area contributed by atoms with Crippen LogP contribution in [0.5, 0.6) is 0 Å². The van der Waals surface area contributed by atoms with Gasteiger partial charge in [-0.25, -0.2) is 0 Å². The number of carboxylic acids is 1. The minimum absolute atomic E-state index is 0.0185. The molecule has 0 aliphatic rings. The van der Waals surface area contributed by atoms with Crippen molar-refractivity contribution in [3.05, 3.63) is 0 Å². The molecule has 0 saturated heterocycles. The van der Waals surface area contributed by atoms with Crippen molar-refractivity contribution in [2.75, 3.05) is 31.1 Å². The van der Waals surface area contributed by atoms with E-state index < -0.39 is 5.97 Å². The first-order valence-corrected chi connectivity index (χ1v) is 24.0. The second-order valence-corrected chi connectivity index (χ2v) is 16.8. The fourth-order valence-corrected chi connectivity index (χ4v) is 8.08. The molecule has 52 heavy (non-hydrogen) atoms. The van der Waals surface area contributed by atoms with Gasteiger partial charge in [0.15, 0.2) is 0 Å². The fraction of sp³-hybridized carbons (Fsp3) is 0.933. The molecule has 0 rings (SSSR count). The van der Waals surface area contributed by atoms with Gasteiger partial charge in [0.2, 0.25) is 11.8 Å². The number of hydrogen-bond donors (Lipinski definition) is 2. The first kappa shape index (κ1) is 50.8. The van der Waals surface area contributed by atoms with Crippen molar-refractivity contribution < 1.29 is 19.5 Å². The predicted octanol–water partition coefficient (Wildman–Crippen LogP) is 13.4. The normalized spacial score (nSPS) is 11.3. The van der Waals surface area contributed by atoms with Gasteiger partial charge < -0.3 is 15.3 Å². The van der Waals surface area contributed by atoms with Crippen molar-refractivity contribution in [2.24, 2.45) is 0 Å². The number of rotatable bonds is 43. The van der Waals surface area contributed by atoms with Crippen LogP contribution in [0.4, 0.5) is 0 Å². The van der Waals surface area contributed by atoms with E-state index in [0.717, 1.165) is 45.2 Å². The lowest BCUT2D eigenvalue weighted by Gasteiger charge is -2.21. The van der Waals surface area contributed by atoms with Crippen LogP contribution in [0.15, 0.2) is 0 Å². The summed E-state index contributed by atoms with van der Waals surface area (Å²) in [4.78, 5) is 36.9. The number of thioether (sulfide) groups is 1. The van der Waals surface area contributed by atoms with Gasteiger partial charge in [-0.15, -0.1) is 0 Å². The van der Waals surface area contributed by atoms with Gasteiger partial charge >= 0.3 is 5.97 Å². The third-order valence-corrected chi connectivity index (χ3v) is 11.7. The summed E-state index contributed by atoms with van der Waals surface area (Å²) in [5.74, 6) is 2.17. The Morgan fingerprint density at radius 1 is 0.462 bits per heavy atom. The van der Waals surface area contributed by atoms with Crippen LogP contribution in [-0.4, -0.2) is 58.9 Å². The molecule has 0 aromatic rings. The first-order chi connectivity index (χ1) is 25.5. The Balaban J connectivity index is 3.36. The molecule has 0 aromatic carbocycles. The summed E-state index contributed by atoms with van der Waals surface area (Å²) in [6.07, 6.45) is 43.5. The topological polar surface area (TPSA) is 86.7 Å². The summed E-state index contributed by atoms with van der Waals surface area (Å²) in [6.45, 7) is 6.33. The van der Waals surface area contributed by atoms with Gasteiger partial charge in [0, 0.05) is 32.5 Å². The van der Waals surface area contributed by atoms with E-state index in [-0.39, 0.29) is 18.9 Å². The highest BCUT2D eigenvalue weighted by Crippen LogP contribution is 2.17. The van der Waals surface area contributed by atoms with Crippen LogP contribution in [0.25, 0.3) is 0 Å². The fourth-order valence-electron chi connectivity index (χ4n) is 7.06. The van der Waals surface area contributed by atoms with Crippen molar-refractivity contribution in [1.82, 2.24) is 10.2 Å². The van der Waals surface area contributed by atoms with Gasteiger partial charge in [-0.05, 0) is 50.5 Å². The largest absolute Gasteiger partial charge is 0.481 e. The highest BCUT2D eigenvalue weighted by Gasteiger charge is 2.10. The van der Waals surface area contributed by atoms with E-state index in [1.54, 1.807) is 0 Å². The smallest absolute Gasteiger partial charge is 0.305 e. The number of nitrogens with one attached hydrogen (secondary N) is 1. The molecule has 0 fully saturated rings.